The van der Waals surface area contributed by atoms with E-state index in [2.05, 4.69) is 0 Å². The van der Waals surface area contributed by atoms with E-state index in [9.17, 15) is 9.00 Å². The molecule has 1 rings (SSSR count). The number of carbonyl (C=O) groups excluding carboxylic acids is 1. The summed E-state index contributed by atoms with van der Waals surface area (Å²) in [5, 5.41) is -0.377. The number of aryl methyl sites for hydroxylation is 1. The van der Waals surface area contributed by atoms with Crippen molar-refractivity contribution in [3.8, 4) is 0 Å². The Hall–Kier alpha value is -0.960. The molecule has 1 aromatic carbocycles. The Labute approximate surface area is 106 Å². The molecular weight excluding hydrogens is 232 g/mol. The summed E-state index contributed by atoms with van der Waals surface area (Å²) in [6, 6.07) is 7.56. The summed E-state index contributed by atoms with van der Waals surface area (Å²) in [5.74, 6) is 0.385. The van der Waals surface area contributed by atoms with Crippen molar-refractivity contribution in [1.82, 2.24) is 0 Å². The molecule has 2 unspecified atom stereocenters. The maximum absolute atomic E-state index is 12.3. The van der Waals surface area contributed by atoms with Gasteiger partial charge in [0.15, 0.2) is 0 Å². The van der Waals surface area contributed by atoms with E-state index in [1.54, 1.807) is 0 Å². The zero-order chi connectivity index (χ0) is 13.0. The molecule has 3 heteroatoms. The fourth-order valence-electron chi connectivity index (χ4n) is 1.67. The fraction of sp³-hybridized carbons (Fsp3) is 0.500. The van der Waals surface area contributed by atoms with Crippen molar-refractivity contribution < 1.29 is 9.00 Å². The van der Waals surface area contributed by atoms with Crippen LogP contribution in [0.25, 0.3) is 0 Å². The van der Waals surface area contributed by atoms with Gasteiger partial charge in [0.1, 0.15) is 5.78 Å². The Morgan fingerprint density at radius 3 is 2.18 bits per heavy atom. The van der Waals surface area contributed by atoms with Crippen LogP contribution in [0.4, 0.5) is 0 Å². The third-order valence-corrected chi connectivity index (χ3v) is 4.43. The first-order valence-electron chi connectivity index (χ1n) is 5.89. The van der Waals surface area contributed by atoms with E-state index in [0.29, 0.717) is 12.3 Å². The van der Waals surface area contributed by atoms with E-state index in [-0.39, 0.29) is 11.0 Å². The van der Waals surface area contributed by atoms with Crippen LogP contribution in [0, 0.1) is 12.8 Å². The lowest BCUT2D eigenvalue weighted by Gasteiger charge is -2.15. The first kappa shape index (κ1) is 14.1. The number of benzene rings is 1. The molecule has 0 aliphatic carbocycles. The van der Waals surface area contributed by atoms with Crippen LogP contribution in [-0.4, -0.2) is 15.2 Å². The number of rotatable bonds is 5. The van der Waals surface area contributed by atoms with Crippen molar-refractivity contribution >= 4 is 16.6 Å². The summed E-state index contributed by atoms with van der Waals surface area (Å²) in [6.07, 6.45) is 0.676. The summed E-state index contributed by atoms with van der Waals surface area (Å²) in [5.41, 5.74) is 1.13. The molecule has 0 N–H and O–H groups in total. The van der Waals surface area contributed by atoms with Crippen molar-refractivity contribution in [2.75, 3.05) is 0 Å². The van der Waals surface area contributed by atoms with Crippen LogP contribution in [0.1, 0.15) is 32.8 Å². The molecule has 1 aromatic rings. The first-order valence-corrected chi connectivity index (χ1v) is 7.10. The monoisotopic (exact) mass is 252 g/mol. The molecule has 0 aliphatic rings. The second kappa shape index (κ2) is 6.10. The Morgan fingerprint density at radius 2 is 1.76 bits per heavy atom. The van der Waals surface area contributed by atoms with E-state index in [1.807, 2.05) is 45.0 Å². The third-order valence-electron chi connectivity index (χ3n) is 2.65. The van der Waals surface area contributed by atoms with Crippen LogP contribution >= 0.6 is 0 Å². The average molecular weight is 252 g/mol. The van der Waals surface area contributed by atoms with Gasteiger partial charge < -0.3 is 0 Å². The van der Waals surface area contributed by atoms with Crippen LogP contribution in [-0.2, 0) is 15.6 Å². The normalized spacial score (nSPS) is 14.6. The largest absolute Gasteiger partial charge is 0.299 e. The van der Waals surface area contributed by atoms with Gasteiger partial charge in [-0.3, -0.25) is 9.00 Å². The van der Waals surface area contributed by atoms with Crippen molar-refractivity contribution in [1.29, 1.82) is 0 Å². The molecule has 2 nitrogen and oxygen atoms in total. The number of Topliss-reactive ketones (excluding diaryl/α,β-unsaturated/α-hetero) is 1. The molecule has 0 saturated heterocycles. The van der Waals surface area contributed by atoms with Gasteiger partial charge in [-0.15, -0.1) is 0 Å². The third kappa shape index (κ3) is 4.08. The lowest BCUT2D eigenvalue weighted by atomic mass is 10.1. The molecule has 0 amide bonds. The molecule has 0 aliphatic heterocycles. The second-order valence-electron chi connectivity index (χ2n) is 4.84. The van der Waals surface area contributed by atoms with Crippen LogP contribution in [0.3, 0.4) is 0 Å². The molecule has 0 bridgehead atoms. The van der Waals surface area contributed by atoms with Crippen LogP contribution in [0.2, 0.25) is 0 Å². The Balaban J connectivity index is 2.91. The summed E-state index contributed by atoms with van der Waals surface area (Å²) < 4.78 is 12.3. The summed E-state index contributed by atoms with van der Waals surface area (Å²) >= 11 is 0. The number of hydrogen-bond donors (Lipinski definition) is 0. The fourth-order valence-corrected chi connectivity index (χ4v) is 3.26. The Kier molecular flexibility index (Phi) is 5.06. The topological polar surface area (TPSA) is 34.1 Å². The summed E-state index contributed by atoms with van der Waals surface area (Å²) in [6.45, 7) is 7.60. The smallest absolute Gasteiger partial charge is 0.145 e. The summed E-state index contributed by atoms with van der Waals surface area (Å²) in [7, 11) is -1.23. The molecule has 17 heavy (non-hydrogen) atoms. The number of ketones is 1. The van der Waals surface area contributed by atoms with Crippen molar-refractivity contribution in [2.24, 2.45) is 5.92 Å². The van der Waals surface area contributed by atoms with Crippen molar-refractivity contribution in [3.63, 3.8) is 0 Å². The molecule has 0 heterocycles. The molecule has 0 saturated carbocycles. The minimum Gasteiger partial charge on any atom is -0.299 e. The Bertz CT molecular complexity index is 407. The quantitative estimate of drug-likeness (QED) is 0.807. The van der Waals surface area contributed by atoms with Crippen LogP contribution < -0.4 is 0 Å². The number of carbonyl (C=O) groups is 1. The number of hydrogen-bond acceptors (Lipinski definition) is 2. The van der Waals surface area contributed by atoms with Gasteiger partial charge in [-0.25, -0.2) is 0 Å². The van der Waals surface area contributed by atoms with E-state index < -0.39 is 10.8 Å². The molecular formula is C14H20O2S. The average Bonchev–Trinajstić information content (AvgIpc) is 2.25. The van der Waals surface area contributed by atoms with Gasteiger partial charge in [-0.2, -0.15) is 0 Å². The summed E-state index contributed by atoms with van der Waals surface area (Å²) in [4.78, 5) is 12.3. The Morgan fingerprint density at radius 1 is 1.24 bits per heavy atom. The van der Waals surface area contributed by atoms with Crippen molar-refractivity contribution in [3.05, 3.63) is 29.8 Å². The minimum absolute atomic E-state index is 0.0117. The van der Waals surface area contributed by atoms with Gasteiger partial charge in [0.2, 0.25) is 0 Å². The van der Waals surface area contributed by atoms with Gasteiger partial charge in [-0.05, 0) is 38.3 Å². The van der Waals surface area contributed by atoms with Gasteiger partial charge in [0.25, 0.3) is 0 Å². The zero-order valence-corrected chi connectivity index (χ0v) is 11.7. The van der Waals surface area contributed by atoms with E-state index in [4.69, 9.17) is 0 Å². The predicted octanol–water partition coefficient (Wildman–Crippen LogP) is 3.11. The SMILES string of the molecule is CC(=O)C(CC(C)C)S(=O)c1ccc(C)cc1. The maximum Gasteiger partial charge on any atom is 0.145 e. The lowest BCUT2D eigenvalue weighted by molar-refractivity contribution is -0.116. The lowest BCUT2D eigenvalue weighted by Crippen LogP contribution is -2.25. The van der Waals surface area contributed by atoms with Gasteiger partial charge >= 0.3 is 0 Å². The molecule has 2 atom stereocenters. The van der Waals surface area contributed by atoms with Crippen LogP contribution in [0.5, 0.6) is 0 Å². The van der Waals surface area contributed by atoms with Crippen LogP contribution in [0.15, 0.2) is 29.2 Å². The zero-order valence-electron chi connectivity index (χ0n) is 10.9. The molecule has 0 spiro atoms. The highest BCUT2D eigenvalue weighted by Crippen LogP contribution is 2.18. The first-order chi connectivity index (χ1) is 7.91. The standard InChI is InChI=1S/C14H20O2S/c1-10(2)9-14(12(4)15)17(16)13-7-5-11(3)6-8-13/h5-8,10,14H,9H2,1-4H3. The highest BCUT2D eigenvalue weighted by atomic mass is 32.2. The van der Waals surface area contributed by atoms with Gasteiger partial charge in [0, 0.05) is 4.90 Å². The van der Waals surface area contributed by atoms with E-state index >= 15 is 0 Å². The predicted molar refractivity (Wildman–Crippen MR) is 71.5 cm³/mol. The maximum atomic E-state index is 12.3. The highest BCUT2D eigenvalue weighted by Gasteiger charge is 2.23. The van der Waals surface area contributed by atoms with E-state index in [1.165, 1.54) is 6.92 Å². The molecule has 0 aromatic heterocycles. The van der Waals surface area contributed by atoms with Crippen molar-refractivity contribution in [2.45, 2.75) is 44.3 Å². The molecule has 0 radical (unpaired) electrons. The highest BCUT2D eigenvalue weighted by molar-refractivity contribution is 7.86. The minimum atomic E-state index is -1.23. The van der Waals surface area contributed by atoms with Gasteiger partial charge in [-0.1, -0.05) is 31.5 Å². The molecule has 0 fully saturated rings. The second-order valence-corrected chi connectivity index (χ2v) is 6.47. The molecule has 94 valence electrons. The van der Waals surface area contributed by atoms with E-state index in [0.717, 1.165) is 10.5 Å². The van der Waals surface area contributed by atoms with Gasteiger partial charge in [0.05, 0.1) is 16.0 Å².